The Bertz CT molecular complexity index is 839. The number of aromatic nitrogens is 1. The number of hydrogen-bond donors (Lipinski definition) is 1. The fraction of sp³-hybridized carbons (Fsp3) is 0.294. The van der Waals surface area contributed by atoms with Crippen molar-refractivity contribution >= 4 is 11.6 Å². The highest BCUT2D eigenvalue weighted by Gasteiger charge is 2.18. The fourth-order valence-corrected chi connectivity index (χ4v) is 2.57. The van der Waals surface area contributed by atoms with E-state index < -0.39 is 5.91 Å². The molecule has 2 aromatic rings. The van der Waals surface area contributed by atoms with Crippen LogP contribution in [0, 0.1) is 13.8 Å². The number of hydrogen-bond acceptors (Lipinski definition) is 4. The third kappa shape index (κ3) is 2.79. The molecule has 0 saturated heterocycles. The number of rotatable bonds is 2. The number of carbonyl (C=O) groups excluding carboxylic acids is 1. The minimum atomic E-state index is -0.431. The standard InChI is InChI=1S/C17H18N2O4/c1-10-8-11(2)19(3)17(21)15(10)16(20)18-12-4-5-13-14(9-12)23-7-6-22-13/h4-5,8-9H,6-7H2,1-3H3,(H,18,20). The molecule has 1 N–H and O–H groups in total. The van der Waals surface area contributed by atoms with Gasteiger partial charge in [0.05, 0.1) is 0 Å². The summed E-state index contributed by atoms with van der Waals surface area (Å²) in [5, 5.41) is 2.75. The van der Waals surface area contributed by atoms with E-state index in [-0.39, 0.29) is 11.1 Å². The van der Waals surface area contributed by atoms with Gasteiger partial charge in [0.25, 0.3) is 11.5 Å². The summed E-state index contributed by atoms with van der Waals surface area (Å²) >= 11 is 0. The molecule has 0 fully saturated rings. The summed E-state index contributed by atoms with van der Waals surface area (Å²) in [7, 11) is 1.65. The molecule has 3 rings (SSSR count). The molecule has 0 bridgehead atoms. The molecule has 6 heteroatoms. The van der Waals surface area contributed by atoms with Crippen molar-refractivity contribution in [3.05, 3.63) is 51.4 Å². The summed E-state index contributed by atoms with van der Waals surface area (Å²) in [6, 6.07) is 6.98. The first kappa shape index (κ1) is 15.1. The van der Waals surface area contributed by atoms with Gasteiger partial charge in [-0.2, -0.15) is 0 Å². The number of nitrogens with one attached hydrogen (secondary N) is 1. The SMILES string of the molecule is Cc1cc(C)n(C)c(=O)c1C(=O)Nc1ccc2c(c1)OCCO2. The Kier molecular flexibility index (Phi) is 3.82. The summed E-state index contributed by atoms with van der Waals surface area (Å²) in [5.41, 5.74) is 1.86. The maximum atomic E-state index is 12.5. The van der Waals surface area contributed by atoms with Crippen molar-refractivity contribution in [3.63, 3.8) is 0 Å². The van der Waals surface area contributed by atoms with E-state index in [4.69, 9.17) is 9.47 Å². The number of benzene rings is 1. The summed E-state index contributed by atoms with van der Waals surface area (Å²) < 4.78 is 12.4. The van der Waals surface area contributed by atoms with E-state index in [0.717, 1.165) is 5.69 Å². The van der Waals surface area contributed by atoms with E-state index in [9.17, 15) is 9.59 Å². The molecule has 0 unspecified atom stereocenters. The van der Waals surface area contributed by atoms with Gasteiger partial charge in [0.1, 0.15) is 18.8 Å². The number of ether oxygens (including phenoxy) is 2. The summed E-state index contributed by atoms with van der Waals surface area (Å²) in [6.45, 7) is 4.57. The van der Waals surface area contributed by atoms with Gasteiger partial charge in [-0.3, -0.25) is 9.59 Å². The van der Waals surface area contributed by atoms with Crippen molar-refractivity contribution in [2.45, 2.75) is 13.8 Å². The lowest BCUT2D eigenvalue weighted by Gasteiger charge is -2.19. The second-order valence-corrected chi connectivity index (χ2v) is 5.52. The predicted octanol–water partition coefficient (Wildman–Crippen LogP) is 2.03. The van der Waals surface area contributed by atoms with Crippen molar-refractivity contribution in [2.24, 2.45) is 7.05 Å². The van der Waals surface area contributed by atoms with E-state index in [2.05, 4.69) is 5.32 Å². The van der Waals surface area contributed by atoms with E-state index in [1.165, 1.54) is 4.57 Å². The second-order valence-electron chi connectivity index (χ2n) is 5.52. The third-order valence-electron chi connectivity index (χ3n) is 3.89. The highest BCUT2D eigenvalue weighted by atomic mass is 16.6. The van der Waals surface area contributed by atoms with Crippen molar-refractivity contribution in [3.8, 4) is 11.5 Å². The molecule has 1 aromatic carbocycles. The summed E-state index contributed by atoms with van der Waals surface area (Å²) in [6.07, 6.45) is 0. The second kappa shape index (κ2) is 5.79. The molecule has 0 aliphatic carbocycles. The first-order valence-corrected chi connectivity index (χ1v) is 7.35. The van der Waals surface area contributed by atoms with Crippen LogP contribution in [0.15, 0.2) is 29.1 Å². The van der Waals surface area contributed by atoms with Gasteiger partial charge < -0.3 is 19.4 Å². The minimum Gasteiger partial charge on any atom is -0.486 e. The lowest BCUT2D eigenvalue weighted by molar-refractivity contribution is 0.102. The zero-order chi connectivity index (χ0) is 16.6. The molecule has 0 saturated carbocycles. The van der Waals surface area contributed by atoms with Gasteiger partial charge in [0, 0.05) is 24.5 Å². The molecule has 1 aliphatic heterocycles. The molecule has 6 nitrogen and oxygen atoms in total. The molecule has 120 valence electrons. The Morgan fingerprint density at radius 2 is 1.83 bits per heavy atom. The molecule has 0 atom stereocenters. The van der Waals surface area contributed by atoms with Gasteiger partial charge in [-0.25, -0.2) is 0 Å². The van der Waals surface area contributed by atoms with E-state index in [1.54, 1.807) is 32.2 Å². The molecule has 1 aromatic heterocycles. The maximum Gasteiger partial charge on any atom is 0.263 e. The van der Waals surface area contributed by atoms with Gasteiger partial charge in [-0.15, -0.1) is 0 Å². The van der Waals surface area contributed by atoms with Crippen LogP contribution in [0.25, 0.3) is 0 Å². The average molecular weight is 314 g/mol. The molecule has 23 heavy (non-hydrogen) atoms. The fourth-order valence-electron chi connectivity index (χ4n) is 2.57. The van der Waals surface area contributed by atoms with Crippen molar-refractivity contribution in [2.75, 3.05) is 18.5 Å². The molecular formula is C17H18N2O4. The van der Waals surface area contributed by atoms with Crippen LogP contribution in [-0.2, 0) is 7.05 Å². The zero-order valence-electron chi connectivity index (χ0n) is 13.3. The average Bonchev–Trinajstić information content (AvgIpc) is 2.52. The lowest BCUT2D eigenvalue weighted by Crippen LogP contribution is -2.30. The quantitative estimate of drug-likeness (QED) is 0.921. The zero-order valence-corrected chi connectivity index (χ0v) is 13.3. The Morgan fingerprint density at radius 1 is 1.13 bits per heavy atom. The molecular weight excluding hydrogens is 296 g/mol. The number of carbonyl (C=O) groups is 1. The smallest absolute Gasteiger partial charge is 0.263 e. The Morgan fingerprint density at radius 3 is 2.57 bits per heavy atom. The topological polar surface area (TPSA) is 69.6 Å². The normalized spacial score (nSPS) is 12.8. The highest BCUT2D eigenvalue weighted by Crippen LogP contribution is 2.32. The third-order valence-corrected chi connectivity index (χ3v) is 3.89. The Balaban J connectivity index is 1.91. The first-order valence-electron chi connectivity index (χ1n) is 7.35. The van der Waals surface area contributed by atoms with Crippen molar-refractivity contribution in [1.29, 1.82) is 0 Å². The van der Waals surface area contributed by atoms with Crippen molar-refractivity contribution in [1.82, 2.24) is 4.57 Å². The number of anilines is 1. The number of pyridine rings is 1. The number of nitrogens with zero attached hydrogens (tertiary/aromatic N) is 1. The maximum absolute atomic E-state index is 12.5. The van der Waals surface area contributed by atoms with Crippen LogP contribution in [-0.4, -0.2) is 23.7 Å². The van der Waals surface area contributed by atoms with E-state index >= 15 is 0 Å². The molecule has 0 radical (unpaired) electrons. The monoisotopic (exact) mass is 314 g/mol. The number of fused-ring (bicyclic) bond motifs is 1. The first-order chi connectivity index (χ1) is 11.0. The highest BCUT2D eigenvalue weighted by molar-refractivity contribution is 6.05. The van der Waals surface area contributed by atoms with Crippen LogP contribution < -0.4 is 20.3 Å². The number of amides is 1. The van der Waals surface area contributed by atoms with Gasteiger partial charge >= 0.3 is 0 Å². The van der Waals surface area contributed by atoms with Crippen LogP contribution in [0.5, 0.6) is 11.5 Å². The molecule has 1 amide bonds. The van der Waals surface area contributed by atoms with Gasteiger partial charge in [0.2, 0.25) is 0 Å². The van der Waals surface area contributed by atoms with Gasteiger partial charge in [-0.05, 0) is 37.6 Å². The minimum absolute atomic E-state index is 0.146. The van der Waals surface area contributed by atoms with E-state index in [0.29, 0.717) is 36.0 Å². The lowest BCUT2D eigenvalue weighted by atomic mass is 10.1. The summed E-state index contributed by atoms with van der Waals surface area (Å²) in [4.78, 5) is 24.8. The van der Waals surface area contributed by atoms with Crippen LogP contribution in [0.4, 0.5) is 5.69 Å². The van der Waals surface area contributed by atoms with Crippen LogP contribution in [0.2, 0.25) is 0 Å². The summed E-state index contributed by atoms with van der Waals surface area (Å²) in [5.74, 6) is 0.805. The number of aryl methyl sites for hydroxylation is 2. The molecule has 2 heterocycles. The Hall–Kier alpha value is -2.76. The van der Waals surface area contributed by atoms with Crippen LogP contribution in [0.1, 0.15) is 21.6 Å². The van der Waals surface area contributed by atoms with Gasteiger partial charge in [0.15, 0.2) is 11.5 Å². The largest absolute Gasteiger partial charge is 0.486 e. The molecule has 1 aliphatic rings. The Labute approximate surface area is 133 Å². The molecule has 0 spiro atoms. The van der Waals surface area contributed by atoms with Crippen LogP contribution >= 0.6 is 0 Å². The predicted molar refractivity (Wildman–Crippen MR) is 86.5 cm³/mol. The van der Waals surface area contributed by atoms with E-state index in [1.807, 2.05) is 13.0 Å². The van der Waals surface area contributed by atoms with Crippen LogP contribution in [0.3, 0.4) is 0 Å². The van der Waals surface area contributed by atoms with Gasteiger partial charge in [-0.1, -0.05) is 0 Å². The van der Waals surface area contributed by atoms with Crippen molar-refractivity contribution < 1.29 is 14.3 Å².